The number of benzene rings is 1. The molecule has 1 atom stereocenters. The summed E-state index contributed by atoms with van der Waals surface area (Å²) in [6.07, 6.45) is 5.83. The number of imidazole rings is 1. The highest BCUT2D eigenvalue weighted by Gasteiger charge is 2.26. The molecule has 0 spiro atoms. The number of hydrogen-bond acceptors (Lipinski definition) is 6. The molecule has 188 valence electrons. The first-order chi connectivity index (χ1) is 17.2. The van der Waals surface area contributed by atoms with Crippen molar-refractivity contribution in [2.45, 2.75) is 46.2 Å². The van der Waals surface area contributed by atoms with E-state index in [1.165, 1.54) is 9.13 Å². The lowest BCUT2D eigenvalue weighted by atomic mass is 10.1. The highest BCUT2D eigenvalue weighted by atomic mass is 16.2. The van der Waals surface area contributed by atoms with E-state index >= 15 is 0 Å². The fourth-order valence-electron chi connectivity index (χ4n) is 4.97. The molecule has 36 heavy (non-hydrogen) atoms. The van der Waals surface area contributed by atoms with Gasteiger partial charge in [-0.2, -0.15) is 4.98 Å². The molecule has 0 aliphatic carbocycles. The molecule has 0 radical (unpaired) electrons. The van der Waals surface area contributed by atoms with Crippen LogP contribution in [0.15, 0.2) is 46.0 Å². The summed E-state index contributed by atoms with van der Waals surface area (Å²) in [7, 11) is 1.66. The Morgan fingerprint density at radius 2 is 1.97 bits per heavy atom. The van der Waals surface area contributed by atoms with Gasteiger partial charge in [-0.3, -0.25) is 23.5 Å². The first-order valence-electron chi connectivity index (χ1n) is 12.5. The lowest BCUT2D eigenvalue weighted by Crippen LogP contribution is -2.43. The molecule has 2 N–H and O–H groups in total. The predicted molar refractivity (Wildman–Crippen MR) is 144 cm³/mol. The maximum atomic E-state index is 13.9. The van der Waals surface area contributed by atoms with E-state index in [4.69, 9.17) is 15.7 Å². The zero-order valence-corrected chi connectivity index (χ0v) is 21.3. The minimum absolute atomic E-state index is 0.0437. The molecule has 0 bridgehead atoms. The summed E-state index contributed by atoms with van der Waals surface area (Å²) in [5.74, 6) is 0.914. The maximum Gasteiger partial charge on any atom is 0.332 e. The van der Waals surface area contributed by atoms with Crippen LogP contribution in [-0.4, -0.2) is 42.8 Å². The number of rotatable bonds is 5. The molecule has 1 aliphatic rings. The monoisotopic (exact) mass is 487 g/mol. The minimum atomic E-state index is -0.417. The number of aryl methyl sites for hydroxylation is 2. The minimum Gasteiger partial charge on any atom is -0.340 e. The summed E-state index contributed by atoms with van der Waals surface area (Å²) in [6, 6.07) is 9.94. The van der Waals surface area contributed by atoms with E-state index in [0.29, 0.717) is 29.4 Å². The van der Waals surface area contributed by atoms with Gasteiger partial charge in [-0.25, -0.2) is 4.79 Å². The third kappa shape index (κ3) is 4.24. The highest BCUT2D eigenvalue weighted by Crippen LogP contribution is 2.24. The van der Waals surface area contributed by atoms with Gasteiger partial charge in [-0.15, -0.1) is 0 Å². The van der Waals surface area contributed by atoms with Crippen molar-refractivity contribution in [1.82, 2.24) is 23.7 Å². The molecule has 0 saturated carbocycles. The van der Waals surface area contributed by atoms with Crippen LogP contribution in [0.5, 0.6) is 0 Å². The number of piperidine rings is 1. The van der Waals surface area contributed by atoms with Gasteiger partial charge in [0.25, 0.3) is 5.56 Å². The van der Waals surface area contributed by atoms with Crippen LogP contribution in [0.3, 0.4) is 0 Å². The van der Waals surface area contributed by atoms with Crippen molar-refractivity contribution < 1.29 is 0 Å². The molecule has 1 unspecified atom stereocenters. The van der Waals surface area contributed by atoms with Gasteiger partial charge < -0.3 is 10.6 Å². The smallest absolute Gasteiger partial charge is 0.332 e. The topological polar surface area (TPSA) is 104 Å². The summed E-state index contributed by atoms with van der Waals surface area (Å²) in [4.78, 5) is 39.0. The van der Waals surface area contributed by atoms with Gasteiger partial charge in [0.2, 0.25) is 5.95 Å². The van der Waals surface area contributed by atoms with Gasteiger partial charge in [-0.05, 0) is 37.1 Å². The number of fused-ring (bicyclic) bond motifs is 2. The standard InChI is InChI=1S/C27H33N7O2/c1-17(2)11-13-33-23-24(30-26(33)32-12-7-9-20(28)15-32)31(4)27(36)34(25(23)35)16-22-21-10-6-5-8-19(21)14-18(3)29-22/h5-6,8,10-11,13-14,17,20H,7,9,12,15-16,28H2,1-4H3. The number of nitrogens with two attached hydrogens (primary N) is 1. The molecule has 5 rings (SSSR count). The summed E-state index contributed by atoms with van der Waals surface area (Å²) in [5, 5.41) is 1.95. The van der Waals surface area contributed by atoms with Crippen molar-refractivity contribution in [1.29, 1.82) is 0 Å². The van der Waals surface area contributed by atoms with E-state index in [2.05, 4.69) is 18.7 Å². The number of hydrogen-bond donors (Lipinski definition) is 1. The molecule has 4 aromatic rings. The van der Waals surface area contributed by atoms with Crippen LogP contribution < -0.4 is 21.9 Å². The largest absolute Gasteiger partial charge is 0.340 e. The van der Waals surface area contributed by atoms with Gasteiger partial charge in [0.05, 0.1) is 12.2 Å². The molecule has 1 saturated heterocycles. The number of aromatic nitrogens is 5. The zero-order valence-electron chi connectivity index (χ0n) is 21.3. The van der Waals surface area contributed by atoms with Crippen molar-refractivity contribution in [3.05, 3.63) is 68.6 Å². The van der Waals surface area contributed by atoms with Crippen molar-refractivity contribution in [3.63, 3.8) is 0 Å². The van der Waals surface area contributed by atoms with Crippen LogP contribution in [0.25, 0.3) is 28.1 Å². The van der Waals surface area contributed by atoms with Gasteiger partial charge in [0.1, 0.15) is 0 Å². The molecule has 4 heterocycles. The Morgan fingerprint density at radius 3 is 2.72 bits per heavy atom. The van der Waals surface area contributed by atoms with Crippen LogP contribution in [0.2, 0.25) is 0 Å². The second kappa shape index (κ2) is 9.39. The number of allylic oxidation sites excluding steroid dienone is 1. The summed E-state index contributed by atoms with van der Waals surface area (Å²) < 4.78 is 4.55. The predicted octanol–water partition coefficient (Wildman–Crippen LogP) is 2.86. The van der Waals surface area contributed by atoms with E-state index in [-0.39, 0.29) is 24.1 Å². The van der Waals surface area contributed by atoms with Crippen LogP contribution in [0.1, 0.15) is 38.1 Å². The first kappa shape index (κ1) is 24.0. The highest BCUT2D eigenvalue weighted by molar-refractivity contribution is 5.85. The van der Waals surface area contributed by atoms with Crippen molar-refractivity contribution in [2.24, 2.45) is 18.7 Å². The Bertz CT molecular complexity index is 1590. The van der Waals surface area contributed by atoms with E-state index in [9.17, 15) is 9.59 Å². The van der Waals surface area contributed by atoms with Gasteiger partial charge >= 0.3 is 5.69 Å². The van der Waals surface area contributed by atoms with Gasteiger partial charge in [-0.1, -0.05) is 44.2 Å². The number of pyridine rings is 1. The Balaban J connectivity index is 1.74. The zero-order chi connectivity index (χ0) is 25.6. The number of anilines is 1. The third-order valence-electron chi connectivity index (χ3n) is 6.77. The van der Waals surface area contributed by atoms with Crippen LogP contribution in [-0.2, 0) is 13.6 Å². The van der Waals surface area contributed by atoms with Gasteiger partial charge in [0.15, 0.2) is 11.2 Å². The fraction of sp³-hybridized carbons (Fsp3) is 0.407. The summed E-state index contributed by atoms with van der Waals surface area (Å²) in [5.41, 5.74) is 7.73. The Labute approximate surface area is 209 Å². The third-order valence-corrected chi connectivity index (χ3v) is 6.77. The van der Waals surface area contributed by atoms with E-state index in [1.807, 2.05) is 54.1 Å². The lowest BCUT2D eigenvalue weighted by molar-refractivity contribution is 0.499. The van der Waals surface area contributed by atoms with Crippen LogP contribution in [0, 0.1) is 12.8 Å². The summed E-state index contributed by atoms with van der Waals surface area (Å²) >= 11 is 0. The normalized spacial score (nSPS) is 16.7. The van der Waals surface area contributed by atoms with Crippen molar-refractivity contribution >= 4 is 34.1 Å². The fourth-order valence-corrected chi connectivity index (χ4v) is 4.97. The van der Waals surface area contributed by atoms with Crippen LogP contribution >= 0.6 is 0 Å². The van der Waals surface area contributed by atoms with Crippen LogP contribution in [0.4, 0.5) is 5.95 Å². The second-order valence-corrected chi connectivity index (χ2v) is 10.1. The molecule has 1 fully saturated rings. The molecular formula is C27H33N7O2. The molecule has 3 aromatic heterocycles. The van der Waals surface area contributed by atoms with E-state index < -0.39 is 5.69 Å². The Hall–Kier alpha value is -3.72. The molecule has 0 amide bonds. The molecule has 9 nitrogen and oxygen atoms in total. The second-order valence-electron chi connectivity index (χ2n) is 10.1. The average molecular weight is 488 g/mol. The Kier molecular flexibility index (Phi) is 6.26. The molecule has 1 aliphatic heterocycles. The molecular weight excluding hydrogens is 454 g/mol. The van der Waals surface area contributed by atoms with E-state index in [1.54, 1.807) is 7.05 Å². The van der Waals surface area contributed by atoms with Crippen molar-refractivity contribution in [3.8, 4) is 0 Å². The lowest BCUT2D eigenvalue weighted by Gasteiger charge is -2.31. The SMILES string of the molecule is Cc1cc2ccccc2c(Cn2c(=O)c3c(nc(N4CCCC(N)C4)n3C=CC(C)C)n(C)c2=O)n1. The average Bonchev–Trinajstić information content (AvgIpc) is 3.23. The molecule has 9 heteroatoms. The Morgan fingerprint density at radius 1 is 1.19 bits per heavy atom. The quantitative estimate of drug-likeness (QED) is 0.464. The van der Waals surface area contributed by atoms with Crippen molar-refractivity contribution in [2.75, 3.05) is 18.0 Å². The molecule has 1 aromatic carbocycles. The first-order valence-corrected chi connectivity index (χ1v) is 12.5. The number of nitrogens with zero attached hydrogens (tertiary/aromatic N) is 6. The maximum absolute atomic E-state index is 13.9. The van der Waals surface area contributed by atoms with E-state index in [0.717, 1.165) is 35.9 Å². The summed E-state index contributed by atoms with van der Waals surface area (Å²) in [6.45, 7) is 7.60. The van der Waals surface area contributed by atoms with Gasteiger partial charge in [0, 0.05) is 43.5 Å².